The quantitative estimate of drug-likeness (QED) is 0.821. The molecule has 0 aromatic heterocycles. The molecule has 1 rings (SSSR count). The van der Waals surface area contributed by atoms with E-state index in [4.69, 9.17) is 0 Å². The van der Waals surface area contributed by atoms with Crippen molar-refractivity contribution in [3.8, 4) is 0 Å². The zero-order valence-electron chi connectivity index (χ0n) is 9.84. The SMILES string of the molecule is CNCc1c(F)cccc1N(C)C(C)C. The third-order valence-electron chi connectivity index (χ3n) is 2.60. The highest BCUT2D eigenvalue weighted by molar-refractivity contribution is 5.54. The lowest BCUT2D eigenvalue weighted by atomic mass is 10.1. The average molecular weight is 210 g/mol. The number of benzene rings is 1. The summed E-state index contributed by atoms with van der Waals surface area (Å²) in [6.07, 6.45) is 0. The maximum Gasteiger partial charge on any atom is 0.129 e. The van der Waals surface area contributed by atoms with Gasteiger partial charge in [0.25, 0.3) is 0 Å². The molecule has 0 atom stereocenters. The topological polar surface area (TPSA) is 15.3 Å². The second kappa shape index (κ2) is 5.12. The summed E-state index contributed by atoms with van der Waals surface area (Å²) in [5.41, 5.74) is 1.69. The summed E-state index contributed by atoms with van der Waals surface area (Å²) in [5.74, 6) is -0.144. The van der Waals surface area contributed by atoms with Crippen molar-refractivity contribution in [2.24, 2.45) is 0 Å². The minimum atomic E-state index is -0.144. The predicted octanol–water partition coefficient (Wildman–Crippen LogP) is 2.39. The summed E-state index contributed by atoms with van der Waals surface area (Å²) < 4.78 is 13.6. The van der Waals surface area contributed by atoms with E-state index < -0.39 is 0 Å². The number of hydrogen-bond donors (Lipinski definition) is 1. The molecule has 0 radical (unpaired) electrons. The van der Waals surface area contributed by atoms with Crippen LogP contribution in [-0.2, 0) is 6.54 Å². The fourth-order valence-electron chi connectivity index (χ4n) is 1.51. The molecule has 0 unspecified atom stereocenters. The number of hydrogen-bond acceptors (Lipinski definition) is 2. The fourth-order valence-corrected chi connectivity index (χ4v) is 1.51. The minimum Gasteiger partial charge on any atom is -0.372 e. The van der Waals surface area contributed by atoms with E-state index in [1.807, 2.05) is 20.2 Å². The van der Waals surface area contributed by atoms with Crippen LogP contribution >= 0.6 is 0 Å². The summed E-state index contributed by atoms with van der Waals surface area (Å²) in [5, 5.41) is 2.99. The maximum atomic E-state index is 13.6. The van der Waals surface area contributed by atoms with E-state index >= 15 is 0 Å². The number of nitrogens with one attached hydrogen (secondary N) is 1. The van der Waals surface area contributed by atoms with Gasteiger partial charge in [-0.2, -0.15) is 0 Å². The van der Waals surface area contributed by atoms with Crippen molar-refractivity contribution in [2.45, 2.75) is 26.4 Å². The second-order valence-electron chi connectivity index (χ2n) is 3.97. The van der Waals surface area contributed by atoms with Crippen molar-refractivity contribution < 1.29 is 4.39 Å². The van der Waals surface area contributed by atoms with Gasteiger partial charge in [-0.1, -0.05) is 6.07 Å². The lowest BCUT2D eigenvalue weighted by Crippen LogP contribution is -2.27. The zero-order chi connectivity index (χ0) is 11.4. The molecule has 0 saturated carbocycles. The molecule has 1 aromatic carbocycles. The summed E-state index contributed by atoms with van der Waals surface area (Å²) in [6.45, 7) is 4.74. The van der Waals surface area contributed by atoms with Gasteiger partial charge in [-0.15, -0.1) is 0 Å². The molecule has 0 aliphatic rings. The van der Waals surface area contributed by atoms with Crippen LogP contribution in [0.5, 0.6) is 0 Å². The predicted molar refractivity (Wildman–Crippen MR) is 62.7 cm³/mol. The third kappa shape index (κ3) is 2.69. The van der Waals surface area contributed by atoms with E-state index in [-0.39, 0.29) is 5.82 Å². The highest BCUT2D eigenvalue weighted by Gasteiger charge is 2.12. The van der Waals surface area contributed by atoms with Gasteiger partial charge in [-0.05, 0) is 33.0 Å². The molecule has 0 heterocycles. The van der Waals surface area contributed by atoms with E-state index in [1.54, 1.807) is 6.07 Å². The summed E-state index contributed by atoms with van der Waals surface area (Å²) in [6, 6.07) is 5.57. The molecule has 0 fully saturated rings. The standard InChI is InChI=1S/C12H19FN2/c1-9(2)15(4)12-7-5-6-11(13)10(12)8-14-3/h5-7,9,14H,8H2,1-4H3. The van der Waals surface area contributed by atoms with Gasteiger partial charge >= 0.3 is 0 Å². The summed E-state index contributed by atoms with van der Waals surface area (Å²) >= 11 is 0. The normalized spacial score (nSPS) is 10.8. The Morgan fingerprint density at radius 2 is 2.07 bits per heavy atom. The first kappa shape index (κ1) is 12.0. The molecule has 3 heteroatoms. The first-order chi connectivity index (χ1) is 7.07. The number of nitrogens with zero attached hydrogens (tertiary/aromatic N) is 1. The van der Waals surface area contributed by atoms with Crippen molar-refractivity contribution in [3.63, 3.8) is 0 Å². The van der Waals surface area contributed by atoms with E-state index in [1.165, 1.54) is 6.07 Å². The van der Waals surface area contributed by atoms with Crippen LogP contribution in [0.1, 0.15) is 19.4 Å². The number of rotatable bonds is 4. The summed E-state index contributed by atoms with van der Waals surface area (Å²) in [7, 11) is 3.81. The molecule has 0 saturated heterocycles. The van der Waals surface area contributed by atoms with Crippen LogP contribution in [-0.4, -0.2) is 20.1 Å². The number of anilines is 1. The molecule has 0 amide bonds. The molecule has 1 aromatic rings. The minimum absolute atomic E-state index is 0.144. The van der Waals surface area contributed by atoms with Gasteiger partial charge in [-0.3, -0.25) is 0 Å². The largest absolute Gasteiger partial charge is 0.372 e. The van der Waals surface area contributed by atoms with E-state index in [0.29, 0.717) is 12.6 Å². The van der Waals surface area contributed by atoms with Crippen LogP contribution in [0.4, 0.5) is 10.1 Å². The molecule has 1 N–H and O–H groups in total. The Bertz CT molecular complexity index is 323. The Balaban J connectivity index is 3.10. The molecule has 15 heavy (non-hydrogen) atoms. The lowest BCUT2D eigenvalue weighted by molar-refractivity contribution is 0.598. The van der Waals surface area contributed by atoms with Crippen molar-refractivity contribution in [3.05, 3.63) is 29.6 Å². The van der Waals surface area contributed by atoms with Crippen molar-refractivity contribution >= 4 is 5.69 Å². The van der Waals surface area contributed by atoms with Crippen molar-refractivity contribution in [1.29, 1.82) is 0 Å². The molecule has 0 aliphatic carbocycles. The van der Waals surface area contributed by atoms with E-state index in [0.717, 1.165) is 11.3 Å². The van der Waals surface area contributed by atoms with Gasteiger partial charge in [0.2, 0.25) is 0 Å². The smallest absolute Gasteiger partial charge is 0.129 e. The molecule has 2 nitrogen and oxygen atoms in total. The summed E-state index contributed by atoms with van der Waals surface area (Å²) in [4.78, 5) is 2.08. The third-order valence-corrected chi connectivity index (χ3v) is 2.60. The monoisotopic (exact) mass is 210 g/mol. The Morgan fingerprint density at radius 3 is 2.60 bits per heavy atom. The highest BCUT2D eigenvalue weighted by Crippen LogP contribution is 2.23. The first-order valence-electron chi connectivity index (χ1n) is 5.22. The maximum absolute atomic E-state index is 13.6. The molecular weight excluding hydrogens is 191 g/mol. The van der Waals surface area contributed by atoms with Crippen LogP contribution in [0.2, 0.25) is 0 Å². The van der Waals surface area contributed by atoms with Gasteiger partial charge < -0.3 is 10.2 Å². The van der Waals surface area contributed by atoms with E-state index in [9.17, 15) is 4.39 Å². The Morgan fingerprint density at radius 1 is 1.40 bits per heavy atom. The number of halogens is 1. The zero-order valence-corrected chi connectivity index (χ0v) is 9.84. The van der Waals surface area contributed by atoms with Crippen molar-refractivity contribution in [1.82, 2.24) is 5.32 Å². The second-order valence-corrected chi connectivity index (χ2v) is 3.97. The van der Waals surface area contributed by atoms with Gasteiger partial charge in [0.15, 0.2) is 0 Å². The van der Waals surface area contributed by atoms with Crippen LogP contribution in [0.15, 0.2) is 18.2 Å². The van der Waals surface area contributed by atoms with Gasteiger partial charge in [-0.25, -0.2) is 4.39 Å². The Kier molecular flexibility index (Phi) is 4.09. The van der Waals surface area contributed by atoms with Crippen LogP contribution in [0.25, 0.3) is 0 Å². The average Bonchev–Trinajstić information content (AvgIpc) is 2.20. The first-order valence-corrected chi connectivity index (χ1v) is 5.22. The van der Waals surface area contributed by atoms with Crippen LogP contribution in [0.3, 0.4) is 0 Å². The van der Waals surface area contributed by atoms with Gasteiger partial charge in [0.05, 0.1) is 0 Å². The van der Waals surface area contributed by atoms with Gasteiger partial charge in [0, 0.05) is 30.9 Å². The molecule has 84 valence electrons. The fraction of sp³-hybridized carbons (Fsp3) is 0.500. The Hall–Kier alpha value is -1.09. The van der Waals surface area contributed by atoms with Crippen LogP contribution < -0.4 is 10.2 Å². The molecule has 0 bridgehead atoms. The Labute approximate surface area is 91.1 Å². The molecule has 0 aliphatic heterocycles. The van der Waals surface area contributed by atoms with Gasteiger partial charge in [0.1, 0.15) is 5.82 Å². The van der Waals surface area contributed by atoms with Crippen LogP contribution in [0, 0.1) is 5.82 Å². The molecule has 0 spiro atoms. The highest BCUT2D eigenvalue weighted by atomic mass is 19.1. The lowest BCUT2D eigenvalue weighted by Gasteiger charge is -2.26. The molecular formula is C12H19FN2. The van der Waals surface area contributed by atoms with Crippen molar-refractivity contribution in [2.75, 3.05) is 19.0 Å². The van der Waals surface area contributed by atoms with E-state index in [2.05, 4.69) is 24.1 Å².